The number of piperidine rings is 1. The molecule has 1 N–H and O–H groups in total. The largest absolute Gasteiger partial charge is 0.354 e. The average molecular weight is 337 g/mol. The third kappa shape index (κ3) is 3.80. The van der Waals surface area contributed by atoms with Crippen LogP contribution in [0.2, 0.25) is 0 Å². The smallest absolute Gasteiger partial charge is 0.240 e. The summed E-state index contributed by atoms with van der Waals surface area (Å²) in [5, 5.41) is 15.7. The van der Waals surface area contributed by atoms with Gasteiger partial charge in [0.15, 0.2) is 5.82 Å². The normalized spacial score (nSPS) is 17.6. The topological polar surface area (TPSA) is 92.9 Å². The van der Waals surface area contributed by atoms with Gasteiger partial charge in [0.05, 0.1) is 6.54 Å². The molecule has 25 heavy (non-hydrogen) atoms. The highest BCUT2D eigenvalue weighted by Gasteiger charge is 2.21. The summed E-state index contributed by atoms with van der Waals surface area (Å²) in [6, 6.07) is 8.03. The van der Waals surface area contributed by atoms with Crippen molar-refractivity contribution >= 4 is 5.82 Å². The SMILES string of the molecule is c1cncc(-c2noc(CN[C@H]3CCCN(c4cccnn4)C3)n2)c1. The molecule has 3 aromatic rings. The lowest BCUT2D eigenvalue weighted by molar-refractivity contribution is 0.344. The Bertz CT molecular complexity index is 793. The van der Waals surface area contributed by atoms with Crippen LogP contribution in [0.3, 0.4) is 0 Å². The van der Waals surface area contributed by atoms with Crippen molar-refractivity contribution in [1.82, 2.24) is 30.6 Å². The van der Waals surface area contributed by atoms with Gasteiger partial charge in [-0.15, -0.1) is 5.10 Å². The molecule has 1 saturated heterocycles. The van der Waals surface area contributed by atoms with E-state index in [2.05, 4.69) is 35.5 Å². The predicted octanol–water partition coefficient (Wildman–Crippen LogP) is 1.68. The molecule has 0 radical (unpaired) electrons. The van der Waals surface area contributed by atoms with Gasteiger partial charge in [-0.05, 0) is 37.1 Å². The Kier molecular flexibility index (Phi) is 4.60. The van der Waals surface area contributed by atoms with Crippen molar-refractivity contribution in [3.8, 4) is 11.4 Å². The van der Waals surface area contributed by atoms with Crippen molar-refractivity contribution in [2.24, 2.45) is 0 Å². The van der Waals surface area contributed by atoms with Crippen molar-refractivity contribution in [3.05, 3.63) is 48.7 Å². The van der Waals surface area contributed by atoms with Gasteiger partial charge in [0, 0.05) is 43.3 Å². The molecule has 1 aliphatic rings. The molecular formula is C17H19N7O. The second-order valence-electron chi connectivity index (χ2n) is 6.00. The number of anilines is 1. The highest BCUT2D eigenvalue weighted by atomic mass is 16.5. The number of nitrogens with one attached hydrogen (secondary N) is 1. The summed E-state index contributed by atoms with van der Waals surface area (Å²) in [6.07, 6.45) is 7.36. The summed E-state index contributed by atoms with van der Waals surface area (Å²) in [6.45, 7) is 2.44. The first kappa shape index (κ1) is 15.6. The van der Waals surface area contributed by atoms with Crippen LogP contribution in [0.5, 0.6) is 0 Å². The summed E-state index contributed by atoms with van der Waals surface area (Å²) in [5.74, 6) is 2.07. The maximum Gasteiger partial charge on any atom is 0.240 e. The number of pyridine rings is 1. The van der Waals surface area contributed by atoms with Gasteiger partial charge < -0.3 is 14.7 Å². The first-order valence-electron chi connectivity index (χ1n) is 8.37. The molecule has 8 nitrogen and oxygen atoms in total. The zero-order valence-corrected chi connectivity index (χ0v) is 13.7. The van der Waals surface area contributed by atoms with Crippen molar-refractivity contribution in [2.75, 3.05) is 18.0 Å². The lowest BCUT2D eigenvalue weighted by atomic mass is 10.1. The van der Waals surface area contributed by atoms with Gasteiger partial charge in [0.2, 0.25) is 11.7 Å². The van der Waals surface area contributed by atoms with Crippen LogP contribution >= 0.6 is 0 Å². The number of hydrogen-bond donors (Lipinski definition) is 1. The molecular weight excluding hydrogens is 318 g/mol. The Hall–Kier alpha value is -2.87. The summed E-state index contributed by atoms with van der Waals surface area (Å²) in [5.41, 5.74) is 0.851. The lowest BCUT2D eigenvalue weighted by Crippen LogP contribution is -2.45. The first-order valence-corrected chi connectivity index (χ1v) is 8.37. The molecule has 0 spiro atoms. The summed E-state index contributed by atoms with van der Waals surface area (Å²) in [7, 11) is 0. The molecule has 128 valence electrons. The molecule has 0 aromatic carbocycles. The van der Waals surface area contributed by atoms with E-state index in [0.717, 1.165) is 37.3 Å². The number of rotatable bonds is 5. The van der Waals surface area contributed by atoms with E-state index in [4.69, 9.17) is 4.52 Å². The molecule has 4 rings (SSSR count). The lowest BCUT2D eigenvalue weighted by Gasteiger charge is -2.33. The maximum absolute atomic E-state index is 5.33. The summed E-state index contributed by atoms with van der Waals surface area (Å²) < 4.78 is 5.33. The maximum atomic E-state index is 5.33. The van der Waals surface area contributed by atoms with E-state index in [1.54, 1.807) is 18.6 Å². The zero-order valence-electron chi connectivity index (χ0n) is 13.7. The van der Waals surface area contributed by atoms with Crippen LogP contribution in [0, 0.1) is 0 Å². The van der Waals surface area contributed by atoms with E-state index in [1.165, 1.54) is 0 Å². The zero-order chi connectivity index (χ0) is 16.9. The van der Waals surface area contributed by atoms with E-state index < -0.39 is 0 Å². The van der Waals surface area contributed by atoms with Crippen LogP contribution in [0.4, 0.5) is 5.82 Å². The Labute approximate surface area is 145 Å². The Morgan fingerprint density at radius 2 is 2.20 bits per heavy atom. The van der Waals surface area contributed by atoms with E-state index in [0.29, 0.717) is 24.3 Å². The van der Waals surface area contributed by atoms with Crippen LogP contribution in [0.15, 0.2) is 47.4 Å². The minimum Gasteiger partial charge on any atom is -0.354 e. The van der Waals surface area contributed by atoms with Crippen molar-refractivity contribution in [1.29, 1.82) is 0 Å². The standard InChI is InChI=1S/C17H19N7O/c1-4-13(10-18-7-1)17-21-16(25-23-17)11-19-14-5-3-9-24(12-14)15-6-2-8-20-22-15/h1-2,4,6-8,10,14,19H,3,5,9,11-12H2/t14-/m0/s1. The molecule has 1 aliphatic heterocycles. The van der Waals surface area contributed by atoms with Crippen molar-refractivity contribution in [3.63, 3.8) is 0 Å². The second-order valence-corrected chi connectivity index (χ2v) is 6.00. The summed E-state index contributed by atoms with van der Waals surface area (Å²) in [4.78, 5) is 10.8. The quantitative estimate of drug-likeness (QED) is 0.752. The van der Waals surface area contributed by atoms with Crippen LogP contribution in [0.25, 0.3) is 11.4 Å². The van der Waals surface area contributed by atoms with E-state index in [9.17, 15) is 0 Å². The molecule has 0 unspecified atom stereocenters. The average Bonchev–Trinajstić information content (AvgIpc) is 3.17. The highest BCUT2D eigenvalue weighted by molar-refractivity contribution is 5.51. The van der Waals surface area contributed by atoms with Gasteiger partial charge in [-0.1, -0.05) is 5.16 Å². The van der Waals surface area contributed by atoms with Gasteiger partial charge >= 0.3 is 0 Å². The van der Waals surface area contributed by atoms with Crippen LogP contribution < -0.4 is 10.2 Å². The fourth-order valence-electron chi connectivity index (χ4n) is 2.98. The van der Waals surface area contributed by atoms with Gasteiger partial charge in [0.1, 0.15) is 0 Å². The number of aromatic nitrogens is 5. The molecule has 0 bridgehead atoms. The van der Waals surface area contributed by atoms with Gasteiger partial charge in [0.25, 0.3) is 0 Å². The minimum atomic E-state index is 0.351. The van der Waals surface area contributed by atoms with E-state index in [-0.39, 0.29) is 0 Å². The predicted molar refractivity (Wildman–Crippen MR) is 91.6 cm³/mol. The van der Waals surface area contributed by atoms with Gasteiger partial charge in [-0.25, -0.2) is 0 Å². The highest BCUT2D eigenvalue weighted by Crippen LogP contribution is 2.17. The monoisotopic (exact) mass is 337 g/mol. The van der Waals surface area contributed by atoms with Crippen molar-refractivity contribution in [2.45, 2.75) is 25.4 Å². The molecule has 8 heteroatoms. The molecule has 3 aromatic heterocycles. The van der Waals surface area contributed by atoms with Crippen molar-refractivity contribution < 1.29 is 4.52 Å². The molecule has 1 fully saturated rings. The van der Waals surface area contributed by atoms with Gasteiger partial charge in [-0.2, -0.15) is 10.1 Å². The number of hydrogen-bond acceptors (Lipinski definition) is 8. The Morgan fingerprint density at radius 1 is 1.24 bits per heavy atom. The van der Waals surface area contributed by atoms with Crippen LogP contribution in [-0.2, 0) is 6.54 Å². The summed E-state index contributed by atoms with van der Waals surface area (Å²) >= 11 is 0. The minimum absolute atomic E-state index is 0.351. The fraction of sp³-hybridized carbons (Fsp3) is 0.353. The first-order chi connectivity index (χ1) is 12.4. The van der Waals surface area contributed by atoms with Crippen LogP contribution in [-0.4, -0.2) is 44.5 Å². The van der Waals surface area contributed by atoms with Crippen LogP contribution in [0.1, 0.15) is 18.7 Å². The molecule has 0 aliphatic carbocycles. The van der Waals surface area contributed by atoms with Gasteiger partial charge in [-0.3, -0.25) is 4.98 Å². The fourth-order valence-corrected chi connectivity index (χ4v) is 2.98. The third-order valence-corrected chi connectivity index (χ3v) is 4.23. The Balaban J connectivity index is 1.35. The molecule has 0 saturated carbocycles. The second kappa shape index (κ2) is 7.35. The number of nitrogens with zero attached hydrogens (tertiary/aromatic N) is 6. The molecule has 4 heterocycles. The Morgan fingerprint density at radius 3 is 3.04 bits per heavy atom. The van der Waals surface area contributed by atoms with E-state index in [1.807, 2.05) is 24.3 Å². The van der Waals surface area contributed by atoms with E-state index >= 15 is 0 Å². The molecule has 1 atom stereocenters. The third-order valence-electron chi connectivity index (χ3n) is 4.23. The molecule has 0 amide bonds.